The molecule has 0 unspecified atom stereocenters. The summed E-state index contributed by atoms with van der Waals surface area (Å²) in [5.41, 5.74) is 4.93. The molecule has 6 nitrogen and oxygen atoms in total. The van der Waals surface area contributed by atoms with Crippen molar-refractivity contribution in [3.63, 3.8) is 0 Å². The van der Waals surface area contributed by atoms with Crippen LogP contribution in [0.1, 0.15) is 27.3 Å². The molecule has 7 heteroatoms. The van der Waals surface area contributed by atoms with Crippen molar-refractivity contribution in [1.82, 2.24) is 20.0 Å². The van der Waals surface area contributed by atoms with Crippen molar-refractivity contribution in [2.75, 3.05) is 38.1 Å². The molecule has 4 rings (SSSR count). The van der Waals surface area contributed by atoms with E-state index >= 15 is 0 Å². The minimum atomic E-state index is -0.303. The molecular weight excluding hydrogens is 393 g/mol. The molecule has 0 spiro atoms. The molecule has 0 atom stereocenters. The Hall–Kier alpha value is -3.19. The largest absolute Gasteiger partial charge is 0.369 e. The van der Waals surface area contributed by atoms with Gasteiger partial charge in [-0.3, -0.25) is 4.79 Å². The summed E-state index contributed by atoms with van der Waals surface area (Å²) in [5, 5.41) is 7.57. The number of piperazine rings is 1. The molecule has 1 amide bonds. The van der Waals surface area contributed by atoms with Gasteiger partial charge in [0.2, 0.25) is 0 Å². The van der Waals surface area contributed by atoms with E-state index in [1.165, 1.54) is 17.8 Å². The number of aromatic nitrogens is 2. The lowest BCUT2D eigenvalue weighted by Gasteiger charge is -2.35. The van der Waals surface area contributed by atoms with Crippen LogP contribution < -0.4 is 10.2 Å². The molecule has 0 saturated carbocycles. The van der Waals surface area contributed by atoms with Crippen molar-refractivity contribution < 1.29 is 9.18 Å². The third-order valence-electron chi connectivity index (χ3n) is 5.86. The molecule has 1 aliphatic heterocycles. The van der Waals surface area contributed by atoms with Gasteiger partial charge in [-0.05, 0) is 56.8 Å². The van der Waals surface area contributed by atoms with E-state index in [9.17, 15) is 9.18 Å². The number of anilines is 1. The number of para-hydroxylation sites is 1. The van der Waals surface area contributed by atoms with E-state index in [0.29, 0.717) is 17.8 Å². The van der Waals surface area contributed by atoms with Crippen LogP contribution in [0, 0.1) is 19.7 Å². The highest BCUT2D eigenvalue weighted by Crippen LogP contribution is 2.23. The summed E-state index contributed by atoms with van der Waals surface area (Å²) in [4.78, 5) is 17.7. The zero-order chi connectivity index (χ0) is 22.0. The van der Waals surface area contributed by atoms with Crippen molar-refractivity contribution in [3.8, 4) is 5.69 Å². The molecule has 31 heavy (non-hydrogen) atoms. The zero-order valence-electron chi connectivity index (χ0n) is 18.2. The molecule has 1 aliphatic rings. The van der Waals surface area contributed by atoms with Crippen LogP contribution in [0.3, 0.4) is 0 Å². The van der Waals surface area contributed by atoms with Gasteiger partial charge in [-0.1, -0.05) is 18.2 Å². The van der Waals surface area contributed by atoms with Crippen LogP contribution >= 0.6 is 0 Å². The number of carbonyl (C=O) groups excluding carboxylic acids is 1. The maximum Gasteiger partial charge on any atom is 0.255 e. The SMILES string of the molecule is Cc1nn(-c2ccc(F)cc2)c(C)c1C(=O)NCc1ccccc1N1CCN(C)CC1. The normalized spacial score (nSPS) is 14.6. The van der Waals surface area contributed by atoms with Gasteiger partial charge in [-0.15, -0.1) is 0 Å². The predicted octanol–water partition coefficient (Wildman–Crippen LogP) is 3.31. The fraction of sp³-hybridized carbons (Fsp3) is 0.333. The quantitative estimate of drug-likeness (QED) is 0.687. The number of nitrogens with zero attached hydrogens (tertiary/aromatic N) is 4. The monoisotopic (exact) mass is 421 g/mol. The number of hydrogen-bond donors (Lipinski definition) is 1. The third-order valence-corrected chi connectivity index (χ3v) is 5.86. The van der Waals surface area contributed by atoms with Gasteiger partial charge in [-0.25, -0.2) is 9.07 Å². The number of carbonyl (C=O) groups is 1. The number of benzene rings is 2. The van der Waals surface area contributed by atoms with Crippen molar-refractivity contribution in [2.45, 2.75) is 20.4 Å². The predicted molar refractivity (Wildman–Crippen MR) is 120 cm³/mol. The first-order valence-electron chi connectivity index (χ1n) is 10.6. The minimum absolute atomic E-state index is 0.156. The van der Waals surface area contributed by atoms with Crippen LogP contribution in [-0.2, 0) is 6.54 Å². The molecule has 162 valence electrons. The van der Waals surface area contributed by atoms with Gasteiger partial charge >= 0.3 is 0 Å². The number of likely N-dealkylation sites (N-methyl/N-ethyl adjacent to an activating group) is 1. The van der Waals surface area contributed by atoms with Crippen LogP contribution in [0.15, 0.2) is 48.5 Å². The average Bonchev–Trinajstić information content (AvgIpc) is 3.07. The first kappa shape index (κ1) is 21.1. The average molecular weight is 422 g/mol. The molecule has 0 aliphatic carbocycles. The Balaban J connectivity index is 1.51. The Morgan fingerprint density at radius 2 is 1.71 bits per heavy atom. The molecular formula is C24H28FN5O. The number of hydrogen-bond acceptors (Lipinski definition) is 4. The number of aryl methyl sites for hydroxylation is 1. The maximum absolute atomic E-state index is 13.3. The molecule has 3 aromatic rings. The number of nitrogens with one attached hydrogen (secondary N) is 1. The molecule has 2 aromatic carbocycles. The summed E-state index contributed by atoms with van der Waals surface area (Å²) in [5.74, 6) is -0.459. The maximum atomic E-state index is 13.3. The van der Waals surface area contributed by atoms with Crippen LogP contribution in [0.4, 0.5) is 10.1 Å². The van der Waals surface area contributed by atoms with Crippen LogP contribution in [0.25, 0.3) is 5.69 Å². The Morgan fingerprint density at radius 1 is 1.03 bits per heavy atom. The van der Waals surface area contributed by atoms with E-state index in [1.54, 1.807) is 16.8 Å². The molecule has 1 N–H and O–H groups in total. The highest BCUT2D eigenvalue weighted by Gasteiger charge is 2.21. The summed E-state index contributed by atoms with van der Waals surface area (Å²) in [6.45, 7) is 8.13. The molecule has 1 aromatic heterocycles. The summed E-state index contributed by atoms with van der Waals surface area (Å²) in [6.07, 6.45) is 0. The van der Waals surface area contributed by atoms with Gasteiger partial charge < -0.3 is 15.1 Å². The number of halogens is 1. The second kappa shape index (κ2) is 8.89. The Labute approximate surface area is 182 Å². The van der Waals surface area contributed by atoms with Gasteiger partial charge in [-0.2, -0.15) is 5.10 Å². The van der Waals surface area contributed by atoms with Crippen LogP contribution in [-0.4, -0.2) is 53.8 Å². The smallest absolute Gasteiger partial charge is 0.255 e. The standard InChI is InChI=1S/C24H28FN5O/c1-17-23(18(2)30(27-17)21-10-8-20(25)9-11-21)24(31)26-16-19-6-4-5-7-22(19)29-14-12-28(3)13-15-29/h4-11H,12-16H2,1-3H3,(H,26,31). The van der Waals surface area contributed by atoms with E-state index < -0.39 is 0 Å². The van der Waals surface area contributed by atoms with Gasteiger partial charge in [0.25, 0.3) is 5.91 Å². The van der Waals surface area contributed by atoms with Gasteiger partial charge in [0.15, 0.2) is 0 Å². The summed E-state index contributed by atoms with van der Waals surface area (Å²) < 4.78 is 14.9. The number of amides is 1. The summed E-state index contributed by atoms with van der Waals surface area (Å²) in [6, 6.07) is 14.3. The van der Waals surface area contributed by atoms with E-state index in [-0.39, 0.29) is 11.7 Å². The summed E-state index contributed by atoms with van der Waals surface area (Å²) >= 11 is 0. The number of rotatable bonds is 5. The minimum Gasteiger partial charge on any atom is -0.369 e. The van der Waals surface area contributed by atoms with E-state index in [2.05, 4.69) is 39.4 Å². The van der Waals surface area contributed by atoms with Crippen LogP contribution in [0.2, 0.25) is 0 Å². The van der Waals surface area contributed by atoms with Crippen molar-refractivity contribution >= 4 is 11.6 Å². The van der Waals surface area contributed by atoms with Crippen molar-refractivity contribution in [2.24, 2.45) is 0 Å². The second-order valence-corrected chi connectivity index (χ2v) is 8.04. The molecule has 2 heterocycles. The molecule has 0 bridgehead atoms. The fourth-order valence-corrected chi connectivity index (χ4v) is 4.09. The lowest BCUT2D eigenvalue weighted by Crippen LogP contribution is -2.45. The Bertz CT molecular complexity index is 1070. The highest BCUT2D eigenvalue weighted by atomic mass is 19.1. The zero-order valence-corrected chi connectivity index (χ0v) is 18.2. The fourth-order valence-electron chi connectivity index (χ4n) is 4.09. The first-order valence-corrected chi connectivity index (χ1v) is 10.6. The van der Waals surface area contributed by atoms with Crippen molar-refractivity contribution in [3.05, 3.63) is 76.9 Å². The van der Waals surface area contributed by atoms with Crippen LogP contribution in [0.5, 0.6) is 0 Å². The Kier molecular flexibility index (Phi) is 6.04. The third kappa shape index (κ3) is 4.46. The topological polar surface area (TPSA) is 53.4 Å². The van der Waals surface area contributed by atoms with E-state index in [0.717, 1.165) is 43.1 Å². The van der Waals surface area contributed by atoms with Gasteiger partial charge in [0.1, 0.15) is 5.82 Å². The Morgan fingerprint density at radius 3 is 2.42 bits per heavy atom. The molecule has 1 saturated heterocycles. The second-order valence-electron chi connectivity index (χ2n) is 8.04. The van der Waals surface area contributed by atoms with Crippen molar-refractivity contribution in [1.29, 1.82) is 0 Å². The highest BCUT2D eigenvalue weighted by molar-refractivity contribution is 5.96. The lowest BCUT2D eigenvalue weighted by molar-refractivity contribution is 0.0949. The van der Waals surface area contributed by atoms with Gasteiger partial charge in [0, 0.05) is 38.4 Å². The van der Waals surface area contributed by atoms with Gasteiger partial charge in [0.05, 0.1) is 22.6 Å². The molecule has 1 fully saturated rings. The first-order chi connectivity index (χ1) is 14.9. The molecule has 0 radical (unpaired) electrons. The lowest BCUT2D eigenvalue weighted by atomic mass is 10.1. The van der Waals surface area contributed by atoms with E-state index in [1.807, 2.05) is 26.0 Å². The van der Waals surface area contributed by atoms with E-state index in [4.69, 9.17) is 0 Å². The summed E-state index contributed by atoms with van der Waals surface area (Å²) in [7, 11) is 2.14.